The standard InChI is InChI=1S/C33H39BrFN3O3Si/c1-32(2,3)20-13-19-18-36-38(31(40)29(19)26(35)14-20)27-12-10-11-22-23(27)15-21(41-42(8,9)33(4,5)6)16-28-24(22)17-25(34)30(39)37(28)7/h10-14,17-18,21H,15-16H2,1-9H3/t21-/m0/s1. The lowest BCUT2D eigenvalue weighted by atomic mass is 9.86. The van der Waals surface area contributed by atoms with Gasteiger partial charge in [-0.15, -0.1) is 0 Å². The first-order chi connectivity index (χ1) is 19.4. The third kappa shape index (κ3) is 5.24. The van der Waals surface area contributed by atoms with Gasteiger partial charge in [-0.1, -0.05) is 53.7 Å². The molecule has 2 aromatic heterocycles. The summed E-state index contributed by atoms with van der Waals surface area (Å²) in [6, 6.07) is 10.9. The van der Waals surface area contributed by atoms with Gasteiger partial charge < -0.3 is 8.99 Å². The Morgan fingerprint density at radius 1 is 1.00 bits per heavy atom. The molecule has 0 N–H and O–H groups in total. The van der Waals surface area contributed by atoms with E-state index in [1.54, 1.807) is 17.8 Å². The average Bonchev–Trinajstić information content (AvgIpc) is 3.02. The maximum Gasteiger partial charge on any atom is 0.282 e. The molecule has 2 heterocycles. The predicted molar refractivity (Wildman–Crippen MR) is 174 cm³/mol. The zero-order chi connectivity index (χ0) is 30.9. The van der Waals surface area contributed by atoms with E-state index in [1.165, 1.54) is 10.7 Å². The molecule has 0 radical (unpaired) electrons. The van der Waals surface area contributed by atoms with E-state index in [0.717, 1.165) is 27.9 Å². The lowest BCUT2D eigenvalue weighted by Crippen LogP contribution is -2.45. The van der Waals surface area contributed by atoms with Crippen molar-refractivity contribution < 1.29 is 8.82 Å². The van der Waals surface area contributed by atoms with E-state index in [-0.39, 0.29) is 27.5 Å². The van der Waals surface area contributed by atoms with E-state index in [1.807, 2.05) is 51.1 Å². The highest BCUT2D eigenvalue weighted by Gasteiger charge is 2.40. The van der Waals surface area contributed by atoms with Gasteiger partial charge in [0.1, 0.15) is 5.82 Å². The van der Waals surface area contributed by atoms with Crippen LogP contribution in [0.5, 0.6) is 0 Å². The molecule has 0 saturated carbocycles. The van der Waals surface area contributed by atoms with Crippen molar-refractivity contribution in [2.45, 2.75) is 84.0 Å². The Balaban J connectivity index is 1.76. The van der Waals surface area contributed by atoms with Crippen LogP contribution < -0.4 is 11.1 Å². The summed E-state index contributed by atoms with van der Waals surface area (Å²) in [5.41, 5.74) is 4.05. The Labute approximate surface area is 255 Å². The van der Waals surface area contributed by atoms with Gasteiger partial charge in [-0.05, 0) is 80.4 Å². The monoisotopic (exact) mass is 651 g/mol. The van der Waals surface area contributed by atoms with Crippen LogP contribution in [-0.2, 0) is 29.7 Å². The van der Waals surface area contributed by atoms with Crippen LogP contribution in [0.4, 0.5) is 4.39 Å². The third-order valence-electron chi connectivity index (χ3n) is 8.99. The Morgan fingerprint density at radius 2 is 1.69 bits per heavy atom. The van der Waals surface area contributed by atoms with E-state index in [0.29, 0.717) is 28.4 Å². The molecule has 0 saturated heterocycles. The molecular formula is C33H39BrFN3O3Si. The maximum absolute atomic E-state index is 15.5. The van der Waals surface area contributed by atoms with Crippen molar-refractivity contribution in [2.75, 3.05) is 0 Å². The zero-order valence-corrected chi connectivity index (χ0v) is 28.4. The molecule has 0 fully saturated rings. The van der Waals surface area contributed by atoms with Gasteiger partial charge in [0, 0.05) is 36.5 Å². The predicted octanol–water partition coefficient (Wildman–Crippen LogP) is 7.44. The summed E-state index contributed by atoms with van der Waals surface area (Å²) < 4.78 is 25.9. The summed E-state index contributed by atoms with van der Waals surface area (Å²) in [6.45, 7) is 17.1. The second kappa shape index (κ2) is 10.4. The zero-order valence-electron chi connectivity index (χ0n) is 25.9. The number of fused-ring (bicyclic) bond motifs is 4. The van der Waals surface area contributed by atoms with Gasteiger partial charge in [-0.2, -0.15) is 9.78 Å². The molecule has 1 aliphatic carbocycles. The minimum Gasteiger partial charge on any atom is -0.413 e. The van der Waals surface area contributed by atoms with Crippen molar-refractivity contribution in [3.05, 3.63) is 90.4 Å². The van der Waals surface area contributed by atoms with E-state index < -0.39 is 19.7 Å². The average molecular weight is 653 g/mol. The van der Waals surface area contributed by atoms with Gasteiger partial charge in [0.2, 0.25) is 0 Å². The van der Waals surface area contributed by atoms with Crippen molar-refractivity contribution in [1.82, 2.24) is 14.3 Å². The van der Waals surface area contributed by atoms with Crippen molar-refractivity contribution in [2.24, 2.45) is 7.05 Å². The van der Waals surface area contributed by atoms with E-state index >= 15 is 4.39 Å². The highest BCUT2D eigenvalue weighted by Crippen LogP contribution is 2.41. The molecule has 0 unspecified atom stereocenters. The normalized spacial score (nSPS) is 15.8. The first kappa shape index (κ1) is 30.6. The Hall–Kier alpha value is -2.88. The van der Waals surface area contributed by atoms with Gasteiger partial charge in [0.05, 0.1) is 27.8 Å². The molecule has 222 valence electrons. The Morgan fingerprint density at radius 3 is 2.33 bits per heavy atom. The number of pyridine rings is 1. The second-order valence-electron chi connectivity index (χ2n) is 14.0. The minimum absolute atomic E-state index is 0.0174. The van der Waals surface area contributed by atoms with Crippen LogP contribution in [0.1, 0.15) is 58.4 Å². The summed E-state index contributed by atoms with van der Waals surface area (Å²) in [5, 5.41) is 5.04. The third-order valence-corrected chi connectivity index (χ3v) is 14.1. The van der Waals surface area contributed by atoms with Crippen LogP contribution in [0.15, 0.2) is 56.7 Å². The molecular weight excluding hydrogens is 613 g/mol. The lowest BCUT2D eigenvalue weighted by molar-refractivity contribution is 0.179. The van der Waals surface area contributed by atoms with Crippen LogP contribution in [0.25, 0.3) is 27.6 Å². The van der Waals surface area contributed by atoms with Crippen molar-refractivity contribution in [1.29, 1.82) is 0 Å². The molecule has 0 amide bonds. The Bertz CT molecular complexity index is 1850. The molecule has 5 rings (SSSR count). The fraction of sp³-hybridized carbons (Fsp3) is 0.424. The molecule has 42 heavy (non-hydrogen) atoms. The number of aromatic nitrogens is 3. The summed E-state index contributed by atoms with van der Waals surface area (Å²) in [7, 11) is -0.416. The van der Waals surface area contributed by atoms with Crippen LogP contribution in [-0.4, -0.2) is 28.8 Å². The molecule has 0 bridgehead atoms. The molecule has 1 aliphatic rings. The van der Waals surface area contributed by atoms with Crippen molar-refractivity contribution in [3.63, 3.8) is 0 Å². The van der Waals surface area contributed by atoms with Crippen LogP contribution >= 0.6 is 15.9 Å². The summed E-state index contributed by atoms with van der Waals surface area (Å²) >= 11 is 3.46. The van der Waals surface area contributed by atoms with Gasteiger partial charge in [-0.3, -0.25) is 9.59 Å². The minimum atomic E-state index is -2.20. The van der Waals surface area contributed by atoms with E-state index in [4.69, 9.17) is 4.43 Å². The lowest BCUT2D eigenvalue weighted by Gasteiger charge is -2.39. The first-order valence-electron chi connectivity index (χ1n) is 14.3. The van der Waals surface area contributed by atoms with Gasteiger partial charge in [0.15, 0.2) is 8.32 Å². The van der Waals surface area contributed by atoms with Crippen LogP contribution in [0.2, 0.25) is 18.1 Å². The quantitative estimate of drug-likeness (QED) is 0.216. The molecule has 2 aromatic carbocycles. The smallest absolute Gasteiger partial charge is 0.282 e. The molecule has 9 heteroatoms. The SMILES string of the molecule is Cn1c2c(cc(Br)c1=O)-c1cccc(-n3ncc4cc(C(C)(C)C)cc(F)c4c3=O)c1C[C@H](O[Si](C)(C)C(C)(C)C)C2. The highest BCUT2D eigenvalue weighted by molar-refractivity contribution is 9.10. The van der Waals surface area contributed by atoms with Gasteiger partial charge in [0.25, 0.3) is 11.1 Å². The molecule has 0 spiro atoms. The number of rotatable bonds is 3. The van der Waals surface area contributed by atoms with Crippen molar-refractivity contribution >= 4 is 35.0 Å². The first-order valence-corrected chi connectivity index (χ1v) is 18.0. The summed E-state index contributed by atoms with van der Waals surface area (Å²) in [5.74, 6) is -0.552. The largest absolute Gasteiger partial charge is 0.413 e. The maximum atomic E-state index is 15.5. The number of benzene rings is 2. The molecule has 4 aromatic rings. The number of nitrogens with zero attached hydrogens (tertiary/aromatic N) is 3. The van der Waals surface area contributed by atoms with Crippen molar-refractivity contribution in [3.8, 4) is 16.8 Å². The van der Waals surface area contributed by atoms with E-state index in [2.05, 4.69) is 54.9 Å². The molecule has 6 nitrogen and oxygen atoms in total. The molecule has 1 atom stereocenters. The van der Waals surface area contributed by atoms with Gasteiger partial charge in [-0.25, -0.2) is 4.39 Å². The number of halogens is 2. The molecule has 0 aliphatic heterocycles. The number of hydrogen-bond donors (Lipinski definition) is 0. The second-order valence-corrected chi connectivity index (χ2v) is 19.6. The summed E-state index contributed by atoms with van der Waals surface area (Å²) in [4.78, 5) is 26.9. The fourth-order valence-corrected chi connectivity index (χ4v) is 7.33. The van der Waals surface area contributed by atoms with Crippen LogP contribution in [0.3, 0.4) is 0 Å². The topological polar surface area (TPSA) is 66.1 Å². The Kier molecular flexibility index (Phi) is 7.56. The highest BCUT2D eigenvalue weighted by atomic mass is 79.9. The van der Waals surface area contributed by atoms with Gasteiger partial charge >= 0.3 is 0 Å². The number of hydrogen-bond acceptors (Lipinski definition) is 4. The fourth-order valence-electron chi connectivity index (χ4n) is 5.49. The van der Waals surface area contributed by atoms with Crippen LogP contribution in [0, 0.1) is 5.82 Å². The van der Waals surface area contributed by atoms with E-state index in [9.17, 15) is 9.59 Å². The summed E-state index contributed by atoms with van der Waals surface area (Å²) in [6.07, 6.45) is 2.39.